The molecule has 7 nitrogen and oxygen atoms in total. The largest absolute Gasteiger partial charge is 0.457 e. The van der Waals surface area contributed by atoms with E-state index in [1.54, 1.807) is 30.5 Å². The van der Waals surface area contributed by atoms with Crippen molar-refractivity contribution in [3.63, 3.8) is 0 Å². The Morgan fingerprint density at radius 1 is 1.00 bits per heavy atom. The molecule has 4 aromatic rings. The Balaban J connectivity index is 1.37. The number of aryl methyl sites for hydroxylation is 2. The van der Waals surface area contributed by atoms with E-state index in [9.17, 15) is 8.42 Å². The van der Waals surface area contributed by atoms with E-state index in [-0.39, 0.29) is 11.4 Å². The molecular formula is C23H22N4O3S. The van der Waals surface area contributed by atoms with E-state index in [1.165, 1.54) is 4.31 Å². The lowest BCUT2D eigenvalue weighted by atomic mass is 10.1. The molecule has 1 aliphatic rings. The average molecular weight is 435 g/mol. The van der Waals surface area contributed by atoms with Crippen LogP contribution in [0.2, 0.25) is 0 Å². The predicted molar refractivity (Wildman–Crippen MR) is 117 cm³/mol. The second kappa shape index (κ2) is 7.47. The van der Waals surface area contributed by atoms with E-state index in [2.05, 4.69) is 10.1 Å². The van der Waals surface area contributed by atoms with E-state index in [1.807, 2.05) is 48.7 Å². The van der Waals surface area contributed by atoms with Gasteiger partial charge in [0.15, 0.2) is 5.65 Å². The maximum atomic E-state index is 13.2. The third kappa shape index (κ3) is 3.68. The Morgan fingerprint density at radius 3 is 2.58 bits per heavy atom. The lowest BCUT2D eigenvalue weighted by Crippen LogP contribution is -2.37. The van der Waals surface area contributed by atoms with Gasteiger partial charge < -0.3 is 4.74 Å². The van der Waals surface area contributed by atoms with E-state index < -0.39 is 10.0 Å². The summed E-state index contributed by atoms with van der Waals surface area (Å²) in [7, 11) is -3.63. The van der Waals surface area contributed by atoms with Gasteiger partial charge in [-0.1, -0.05) is 12.1 Å². The molecule has 5 rings (SSSR count). The van der Waals surface area contributed by atoms with Crippen LogP contribution >= 0.6 is 0 Å². The molecule has 0 atom stereocenters. The van der Waals surface area contributed by atoms with Gasteiger partial charge in [0.1, 0.15) is 11.5 Å². The summed E-state index contributed by atoms with van der Waals surface area (Å²) in [6.07, 6.45) is 2.34. The summed E-state index contributed by atoms with van der Waals surface area (Å²) in [5, 5.41) is 4.49. The molecule has 158 valence electrons. The van der Waals surface area contributed by atoms with Gasteiger partial charge in [0, 0.05) is 37.3 Å². The molecular weight excluding hydrogens is 412 g/mol. The van der Waals surface area contributed by atoms with Crippen molar-refractivity contribution in [2.45, 2.75) is 31.7 Å². The molecule has 0 amide bonds. The van der Waals surface area contributed by atoms with Crippen molar-refractivity contribution in [2.24, 2.45) is 0 Å². The van der Waals surface area contributed by atoms with Crippen LogP contribution in [-0.2, 0) is 23.0 Å². The number of fused-ring (bicyclic) bond motifs is 3. The molecule has 31 heavy (non-hydrogen) atoms. The third-order valence-corrected chi connectivity index (χ3v) is 7.28. The lowest BCUT2D eigenvalue weighted by molar-refractivity contribution is 0.384. The molecule has 0 radical (unpaired) electrons. The summed E-state index contributed by atoms with van der Waals surface area (Å²) in [6.45, 7) is 4.59. The molecule has 2 aromatic heterocycles. The van der Waals surface area contributed by atoms with Crippen LogP contribution in [0.5, 0.6) is 11.5 Å². The van der Waals surface area contributed by atoms with Gasteiger partial charge in [-0.05, 0) is 55.8 Å². The number of hydrogen-bond acceptors (Lipinski definition) is 5. The molecule has 0 N–H and O–H groups in total. The number of nitrogens with zero attached hydrogens (tertiary/aromatic N) is 4. The van der Waals surface area contributed by atoms with Crippen LogP contribution in [0.15, 0.2) is 65.7 Å². The first kappa shape index (κ1) is 19.7. The molecule has 0 bridgehead atoms. The van der Waals surface area contributed by atoms with Crippen molar-refractivity contribution in [3.8, 4) is 11.5 Å². The monoisotopic (exact) mass is 434 g/mol. The van der Waals surface area contributed by atoms with Gasteiger partial charge in [0.2, 0.25) is 10.0 Å². The fourth-order valence-corrected chi connectivity index (χ4v) is 5.30. The number of aromatic nitrogens is 3. The highest BCUT2D eigenvalue weighted by atomic mass is 32.2. The topological polar surface area (TPSA) is 76.8 Å². The lowest BCUT2D eigenvalue weighted by Gasteiger charge is -2.28. The molecule has 0 fully saturated rings. The minimum atomic E-state index is -3.63. The highest BCUT2D eigenvalue weighted by Crippen LogP contribution is 2.28. The molecule has 0 aliphatic carbocycles. The van der Waals surface area contributed by atoms with Gasteiger partial charge in [-0.25, -0.2) is 17.9 Å². The number of rotatable bonds is 4. The fraction of sp³-hybridized carbons (Fsp3) is 0.217. The summed E-state index contributed by atoms with van der Waals surface area (Å²) in [5.41, 5.74) is 4.68. The Labute approximate surface area is 181 Å². The summed E-state index contributed by atoms with van der Waals surface area (Å²) in [6, 6.07) is 16.2. The van der Waals surface area contributed by atoms with Crippen molar-refractivity contribution in [2.75, 3.05) is 6.54 Å². The Morgan fingerprint density at radius 2 is 1.81 bits per heavy atom. The van der Waals surface area contributed by atoms with Crippen LogP contribution < -0.4 is 4.74 Å². The van der Waals surface area contributed by atoms with Crippen molar-refractivity contribution in [3.05, 3.63) is 83.3 Å². The SMILES string of the molecule is Cc1cccc(Oc2ccc(S(=O)(=O)N3CCc4c(cnc5cc(C)nn45)C3)cc2)c1. The standard InChI is InChI=1S/C23H22N4O3S/c1-16-4-3-5-20(12-16)30-19-6-8-21(9-7-19)31(28,29)26-11-10-22-18(15-26)14-24-23-13-17(2)25-27(22)23/h3-9,12-14H,10-11,15H2,1-2H3. The van der Waals surface area contributed by atoms with Gasteiger partial charge in [0.25, 0.3) is 0 Å². The van der Waals surface area contributed by atoms with Gasteiger partial charge in [-0.3, -0.25) is 0 Å². The molecule has 0 saturated heterocycles. The number of hydrogen-bond donors (Lipinski definition) is 0. The maximum absolute atomic E-state index is 13.2. The van der Waals surface area contributed by atoms with Gasteiger partial charge in [0.05, 0.1) is 16.3 Å². The highest BCUT2D eigenvalue weighted by molar-refractivity contribution is 7.89. The van der Waals surface area contributed by atoms with Crippen molar-refractivity contribution < 1.29 is 13.2 Å². The summed E-state index contributed by atoms with van der Waals surface area (Å²) in [4.78, 5) is 4.67. The van der Waals surface area contributed by atoms with Crippen LogP contribution in [0.4, 0.5) is 0 Å². The normalized spacial score (nSPS) is 14.5. The highest BCUT2D eigenvalue weighted by Gasteiger charge is 2.30. The summed E-state index contributed by atoms with van der Waals surface area (Å²) >= 11 is 0. The molecule has 3 heterocycles. The zero-order valence-electron chi connectivity index (χ0n) is 17.3. The minimum Gasteiger partial charge on any atom is -0.457 e. The van der Waals surface area contributed by atoms with Crippen LogP contribution in [0.3, 0.4) is 0 Å². The van der Waals surface area contributed by atoms with Crippen molar-refractivity contribution >= 4 is 15.7 Å². The minimum absolute atomic E-state index is 0.247. The number of ether oxygens (including phenoxy) is 1. The molecule has 0 unspecified atom stereocenters. The first-order valence-electron chi connectivity index (χ1n) is 10.1. The van der Waals surface area contributed by atoms with E-state index in [0.717, 1.165) is 33.9 Å². The van der Waals surface area contributed by atoms with Crippen molar-refractivity contribution in [1.29, 1.82) is 0 Å². The second-order valence-electron chi connectivity index (χ2n) is 7.76. The molecule has 0 spiro atoms. The van der Waals surface area contributed by atoms with Gasteiger partial charge >= 0.3 is 0 Å². The molecule has 0 saturated carbocycles. The maximum Gasteiger partial charge on any atom is 0.243 e. The number of sulfonamides is 1. The number of benzene rings is 2. The second-order valence-corrected chi connectivity index (χ2v) is 9.70. The average Bonchev–Trinajstić information content (AvgIpc) is 3.14. The van der Waals surface area contributed by atoms with Crippen LogP contribution in [-0.4, -0.2) is 33.9 Å². The third-order valence-electron chi connectivity index (χ3n) is 5.42. The predicted octanol–water partition coefficient (Wildman–Crippen LogP) is 3.89. The first-order valence-corrected chi connectivity index (χ1v) is 11.5. The van der Waals surface area contributed by atoms with Crippen LogP contribution in [0.25, 0.3) is 5.65 Å². The summed E-state index contributed by atoms with van der Waals surface area (Å²) < 4.78 is 35.6. The molecule has 2 aromatic carbocycles. The fourth-order valence-electron chi connectivity index (χ4n) is 3.88. The smallest absolute Gasteiger partial charge is 0.243 e. The van der Waals surface area contributed by atoms with Crippen LogP contribution in [0.1, 0.15) is 22.5 Å². The van der Waals surface area contributed by atoms with E-state index in [0.29, 0.717) is 18.7 Å². The Hall–Kier alpha value is -3.23. The van der Waals surface area contributed by atoms with Gasteiger partial charge in [-0.2, -0.15) is 9.40 Å². The van der Waals surface area contributed by atoms with Gasteiger partial charge in [-0.15, -0.1) is 0 Å². The van der Waals surface area contributed by atoms with Crippen molar-refractivity contribution in [1.82, 2.24) is 18.9 Å². The first-order chi connectivity index (χ1) is 14.9. The molecule has 1 aliphatic heterocycles. The Kier molecular flexibility index (Phi) is 4.75. The zero-order chi connectivity index (χ0) is 21.6. The summed E-state index contributed by atoms with van der Waals surface area (Å²) in [5.74, 6) is 1.31. The molecule has 8 heteroatoms. The van der Waals surface area contributed by atoms with E-state index in [4.69, 9.17) is 4.74 Å². The quantitative estimate of drug-likeness (QED) is 0.487. The van der Waals surface area contributed by atoms with E-state index >= 15 is 0 Å². The van der Waals surface area contributed by atoms with Crippen LogP contribution in [0, 0.1) is 13.8 Å². The zero-order valence-corrected chi connectivity index (χ0v) is 18.1. The Bertz CT molecular complexity index is 1380.